The van der Waals surface area contributed by atoms with E-state index in [9.17, 15) is 16.8 Å². The number of sulfone groups is 1. The highest BCUT2D eigenvalue weighted by Gasteiger charge is 2.42. The van der Waals surface area contributed by atoms with Crippen LogP contribution in [-0.4, -0.2) is 52.2 Å². The van der Waals surface area contributed by atoms with E-state index in [1.807, 2.05) is 6.92 Å². The molecule has 2 atom stereocenters. The molecule has 1 aliphatic heterocycles. The minimum Gasteiger partial charge on any atom is -0.315 e. The smallest absolute Gasteiger partial charge is 0.215 e. The van der Waals surface area contributed by atoms with Gasteiger partial charge in [-0.2, -0.15) is 0 Å². The van der Waals surface area contributed by atoms with E-state index < -0.39 is 30.6 Å². The van der Waals surface area contributed by atoms with E-state index in [-0.39, 0.29) is 11.5 Å². The summed E-state index contributed by atoms with van der Waals surface area (Å²) in [7, 11) is -6.63. The van der Waals surface area contributed by atoms with Gasteiger partial charge in [0.2, 0.25) is 10.0 Å². The van der Waals surface area contributed by atoms with E-state index in [1.54, 1.807) is 13.8 Å². The molecule has 8 heteroatoms. The molecule has 1 rings (SSSR count). The second kappa shape index (κ2) is 6.07. The Kier molecular flexibility index (Phi) is 5.39. The van der Waals surface area contributed by atoms with Crippen molar-refractivity contribution in [2.45, 2.75) is 44.4 Å². The fourth-order valence-electron chi connectivity index (χ4n) is 2.13. The molecule has 2 unspecified atom stereocenters. The molecule has 19 heavy (non-hydrogen) atoms. The van der Waals surface area contributed by atoms with Crippen molar-refractivity contribution in [3.63, 3.8) is 0 Å². The Morgan fingerprint density at radius 3 is 2.47 bits per heavy atom. The summed E-state index contributed by atoms with van der Waals surface area (Å²) in [4.78, 5) is 0. The third-order valence-electron chi connectivity index (χ3n) is 3.28. The van der Waals surface area contributed by atoms with Crippen LogP contribution in [0.5, 0.6) is 0 Å². The van der Waals surface area contributed by atoms with Crippen molar-refractivity contribution in [3.8, 4) is 0 Å². The predicted molar refractivity (Wildman–Crippen MR) is 76.4 cm³/mol. The van der Waals surface area contributed by atoms with Gasteiger partial charge >= 0.3 is 0 Å². The summed E-state index contributed by atoms with van der Waals surface area (Å²) >= 11 is 0. The average molecular weight is 312 g/mol. The average Bonchev–Trinajstić information content (AvgIpc) is 2.51. The summed E-state index contributed by atoms with van der Waals surface area (Å²) in [6, 6.07) is 0. The van der Waals surface area contributed by atoms with Crippen LogP contribution in [0, 0.1) is 0 Å². The molecule has 0 aromatic carbocycles. The minimum absolute atomic E-state index is 0.0501. The molecule has 0 aromatic heterocycles. The predicted octanol–water partition coefficient (Wildman–Crippen LogP) is -0.129. The number of nitrogens with one attached hydrogen (secondary N) is 2. The van der Waals surface area contributed by atoms with Gasteiger partial charge in [-0.15, -0.1) is 0 Å². The zero-order valence-electron chi connectivity index (χ0n) is 11.8. The first kappa shape index (κ1) is 16.9. The van der Waals surface area contributed by atoms with Gasteiger partial charge in [-0.1, -0.05) is 6.92 Å². The number of rotatable bonds is 7. The Bertz CT molecular complexity index is 501. The molecule has 0 radical (unpaired) electrons. The molecule has 6 nitrogen and oxygen atoms in total. The summed E-state index contributed by atoms with van der Waals surface area (Å²) in [5.74, 6) is -0.0666. The SMILES string of the molecule is CCCNCC(C)S(=O)(=O)NC1(C)CCS(=O)(=O)C1. The van der Waals surface area contributed by atoms with Gasteiger partial charge in [-0.05, 0) is 33.2 Å². The number of sulfonamides is 1. The van der Waals surface area contributed by atoms with Crippen molar-refractivity contribution in [1.82, 2.24) is 10.0 Å². The molecule has 1 heterocycles. The molecule has 114 valence electrons. The van der Waals surface area contributed by atoms with E-state index in [0.29, 0.717) is 13.0 Å². The largest absolute Gasteiger partial charge is 0.315 e. The molecule has 0 amide bonds. The van der Waals surface area contributed by atoms with Gasteiger partial charge in [-0.25, -0.2) is 21.6 Å². The van der Waals surface area contributed by atoms with Crippen LogP contribution < -0.4 is 10.0 Å². The van der Waals surface area contributed by atoms with Gasteiger partial charge in [0.25, 0.3) is 0 Å². The van der Waals surface area contributed by atoms with Gasteiger partial charge in [-0.3, -0.25) is 0 Å². The molecule has 0 spiro atoms. The number of hydrogen-bond donors (Lipinski definition) is 2. The lowest BCUT2D eigenvalue weighted by Gasteiger charge is -2.26. The molecule has 0 aliphatic carbocycles. The van der Waals surface area contributed by atoms with Crippen molar-refractivity contribution >= 4 is 19.9 Å². The molecular formula is C11H24N2O4S2. The van der Waals surface area contributed by atoms with Crippen molar-refractivity contribution in [1.29, 1.82) is 0 Å². The third kappa shape index (κ3) is 5.02. The van der Waals surface area contributed by atoms with Gasteiger partial charge in [0.05, 0.1) is 16.8 Å². The highest BCUT2D eigenvalue weighted by atomic mass is 32.2. The van der Waals surface area contributed by atoms with Crippen LogP contribution in [0.15, 0.2) is 0 Å². The quantitative estimate of drug-likeness (QED) is 0.639. The second-order valence-electron chi connectivity index (χ2n) is 5.56. The van der Waals surface area contributed by atoms with Crippen LogP contribution in [0.4, 0.5) is 0 Å². The lowest BCUT2D eigenvalue weighted by Crippen LogP contribution is -2.51. The van der Waals surface area contributed by atoms with Crippen molar-refractivity contribution < 1.29 is 16.8 Å². The van der Waals surface area contributed by atoms with E-state index >= 15 is 0 Å². The standard InChI is InChI=1S/C11H24N2O4S2/c1-4-6-12-8-10(2)19(16,17)13-11(3)5-7-18(14,15)9-11/h10,12-13H,4-9H2,1-3H3. The highest BCUT2D eigenvalue weighted by Crippen LogP contribution is 2.24. The Morgan fingerprint density at radius 1 is 1.37 bits per heavy atom. The fourth-order valence-corrected chi connectivity index (χ4v) is 5.71. The summed E-state index contributed by atoms with van der Waals surface area (Å²) in [6.07, 6.45) is 1.28. The van der Waals surface area contributed by atoms with Crippen molar-refractivity contribution in [2.24, 2.45) is 0 Å². The first-order valence-electron chi connectivity index (χ1n) is 6.54. The Balaban J connectivity index is 2.64. The Hall–Kier alpha value is -0.180. The molecule has 1 saturated heterocycles. The lowest BCUT2D eigenvalue weighted by molar-refractivity contribution is 0.455. The van der Waals surface area contributed by atoms with E-state index in [0.717, 1.165) is 13.0 Å². The topological polar surface area (TPSA) is 92.3 Å². The Morgan fingerprint density at radius 2 is 2.00 bits per heavy atom. The van der Waals surface area contributed by atoms with Gasteiger partial charge < -0.3 is 5.32 Å². The van der Waals surface area contributed by atoms with Crippen LogP contribution in [0.2, 0.25) is 0 Å². The normalized spacial score (nSPS) is 28.4. The molecule has 1 aliphatic rings. The highest BCUT2D eigenvalue weighted by molar-refractivity contribution is 7.92. The van der Waals surface area contributed by atoms with Crippen molar-refractivity contribution in [2.75, 3.05) is 24.6 Å². The zero-order chi connectivity index (χ0) is 14.7. The summed E-state index contributed by atoms with van der Waals surface area (Å²) in [6.45, 7) is 6.42. The summed E-state index contributed by atoms with van der Waals surface area (Å²) < 4.78 is 49.8. The molecule has 0 aromatic rings. The number of hydrogen-bond acceptors (Lipinski definition) is 5. The zero-order valence-corrected chi connectivity index (χ0v) is 13.4. The molecule has 2 N–H and O–H groups in total. The lowest BCUT2D eigenvalue weighted by atomic mass is 10.0. The molecule has 1 fully saturated rings. The first-order chi connectivity index (χ1) is 8.60. The fraction of sp³-hybridized carbons (Fsp3) is 1.00. The first-order valence-corrected chi connectivity index (χ1v) is 9.91. The van der Waals surface area contributed by atoms with E-state index in [2.05, 4.69) is 10.0 Å². The maximum Gasteiger partial charge on any atom is 0.215 e. The third-order valence-corrected chi connectivity index (χ3v) is 7.19. The van der Waals surface area contributed by atoms with E-state index in [4.69, 9.17) is 0 Å². The molecular weight excluding hydrogens is 288 g/mol. The molecule has 0 bridgehead atoms. The maximum absolute atomic E-state index is 12.2. The second-order valence-corrected chi connectivity index (χ2v) is 9.85. The van der Waals surface area contributed by atoms with Gasteiger partial charge in [0.1, 0.15) is 0 Å². The summed E-state index contributed by atoms with van der Waals surface area (Å²) in [5.41, 5.74) is -0.864. The van der Waals surface area contributed by atoms with Gasteiger partial charge in [0, 0.05) is 12.1 Å². The minimum atomic E-state index is -3.51. The maximum atomic E-state index is 12.2. The van der Waals surface area contributed by atoms with E-state index in [1.165, 1.54) is 0 Å². The monoisotopic (exact) mass is 312 g/mol. The van der Waals surface area contributed by atoms with Gasteiger partial charge in [0.15, 0.2) is 9.84 Å². The van der Waals surface area contributed by atoms with Crippen LogP contribution in [-0.2, 0) is 19.9 Å². The Labute approximate surface area is 116 Å². The van der Waals surface area contributed by atoms with Crippen LogP contribution in [0.25, 0.3) is 0 Å². The van der Waals surface area contributed by atoms with Crippen LogP contribution in [0.3, 0.4) is 0 Å². The van der Waals surface area contributed by atoms with Crippen LogP contribution in [0.1, 0.15) is 33.6 Å². The molecule has 0 saturated carbocycles. The summed E-state index contributed by atoms with van der Waals surface area (Å²) in [5, 5.41) is 2.47. The van der Waals surface area contributed by atoms with Crippen LogP contribution >= 0.6 is 0 Å². The van der Waals surface area contributed by atoms with Crippen molar-refractivity contribution in [3.05, 3.63) is 0 Å².